The van der Waals surface area contributed by atoms with Crippen LogP contribution in [0.2, 0.25) is 0 Å². The van der Waals surface area contributed by atoms with Gasteiger partial charge >= 0.3 is 0 Å². The molecule has 0 aromatic heterocycles. The standard InChI is InChI=1S/C13H18BrNO2/c1-2-17-11-6-10(7-11)15-8-9-3-4-13(16)12(14)5-9/h3-5,10-11,15-16H,2,6-8H2,1H3. The Balaban J connectivity index is 1.74. The molecule has 0 radical (unpaired) electrons. The minimum atomic E-state index is 0.286. The van der Waals surface area contributed by atoms with Crippen LogP contribution in [0.15, 0.2) is 22.7 Å². The van der Waals surface area contributed by atoms with E-state index in [1.54, 1.807) is 6.07 Å². The minimum Gasteiger partial charge on any atom is -0.507 e. The molecule has 0 unspecified atom stereocenters. The fourth-order valence-electron chi connectivity index (χ4n) is 2.03. The molecule has 1 aromatic rings. The van der Waals surface area contributed by atoms with Crippen molar-refractivity contribution in [3.05, 3.63) is 28.2 Å². The van der Waals surface area contributed by atoms with Gasteiger partial charge in [-0.25, -0.2) is 0 Å². The molecule has 2 N–H and O–H groups in total. The molecule has 4 heteroatoms. The summed E-state index contributed by atoms with van der Waals surface area (Å²) in [6, 6.07) is 6.16. The predicted molar refractivity (Wildman–Crippen MR) is 71.1 cm³/mol. The highest BCUT2D eigenvalue weighted by molar-refractivity contribution is 9.10. The lowest BCUT2D eigenvalue weighted by Gasteiger charge is -2.35. The summed E-state index contributed by atoms with van der Waals surface area (Å²) in [6.45, 7) is 3.68. The maximum atomic E-state index is 9.39. The molecule has 0 spiro atoms. The average Bonchev–Trinajstić information content (AvgIpc) is 2.26. The smallest absolute Gasteiger partial charge is 0.129 e. The normalized spacial score (nSPS) is 23.4. The zero-order chi connectivity index (χ0) is 12.3. The third-order valence-corrected chi connectivity index (χ3v) is 3.74. The van der Waals surface area contributed by atoms with Crippen molar-refractivity contribution in [3.63, 3.8) is 0 Å². The summed E-state index contributed by atoms with van der Waals surface area (Å²) in [5.41, 5.74) is 1.18. The van der Waals surface area contributed by atoms with Crippen molar-refractivity contribution in [2.75, 3.05) is 6.61 Å². The molecule has 0 saturated heterocycles. The molecule has 94 valence electrons. The van der Waals surface area contributed by atoms with Gasteiger partial charge in [0, 0.05) is 19.2 Å². The number of aromatic hydroxyl groups is 1. The van der Waals surface area contributed by atoms with Gasteiger partial charge in [-0.1, -0.05) is 6.07 Å². The summed E-state index contributed by atoms with van der Waals surface area (Å²) in [4.78, 5) is 0. The maximum absolute atomic E-state index is 9.39. The maximum Gasteiger partial charge on any atom is 0.129 e. The van der Waals surface area contributed by atoms with Gasteiger partial charge in [-0.05, 0) is 53.4 Å². The molecular weight excluding hydrogens is 282 g/mol. The molecule has 17 heavy (non-hydrogen) atoms. The first-order chi connectivity index (χ1) is 8.19. The molecule has 1 aromatic carbocycles. The van der Waals surface area contributed by atoms with Gasteiger partial charge in [-0.15, -0.1) is 0 Å². The van der Waals surface area contributed by atoms with Gasteiger partial charge < -0.3 is 15.2 Å². The predicted octanol–water partition coefficient (Wildman–Crippen LogP) is 2.81. The van der Waals surface area contributed by atoms with Crippen LogP contribution >= 0.6 is 15.9 Å². The number of rotatable bonds is 5. The van der Waals surface area contributed by atoms with Crippen molar-refractivity contribution < 1.29 is 9.84 Å². The molecule has 2 rings (SSSR count). The molecule has 0 amide bonds. The van der Waals surface area contributed by atoms with Crippen molar-refractivity contribution >= 4 is 15.9 Å². The van der Waals surface area contributed by atoms with Crippen molar-refractivity contribution in [1.82, 2.24) is 5.32 Å². The second kappa shape index (κ2) is 5.85. The Morgan fingerprint density at radius 3 is 2.88 bits per heavy atom. The first-order valence-corrected chi connectivity index (χ1v) is 6.80. The minimum absolute atomic E-state index is 0.286. The molecule has 1 fully saturated rings. The number of nitrogens with one attached hydrogen (secondary N) is 1. The van der Waals surface area contributed by atoms with Gasteiger partial charge in [-0.2, -0.15) is 0 Å². The first-order valence-electron chi connectivity index (χ1n) is 6.01. The molecule has 0 atom stereocenters. The number of phenolic OH excluding ortho intramolecular Hbond substituents is 1. The van der Waals surface area contributed by atoms with E-state index < -0.39 is 0 Å². The van der Waals surface area contributed by atoms with E-state index in [0.29, 0.717) is 12.1 Å². The van der Waals surface area contributed by atoms with Crippen LogP contribution in [0.4, 0.5) is 0 Å². The van der Waals surface area contributed by atoms with E-state index in [1.807, 2.05) is 19.1 Å². The van der Waals surface area contributed by atoms with Crippen molar-refractivity contribution in [1.29, 1.82) is 0 Å². The molecule has 0 bridgehead atoms. The van der Waals surface area contributed by atoms with Gasteiger partial charge in [-0.3, -0.25) is 0 Å². The van der Waals surface area contributed by atoms with Crippen LogP contribution in [-0.2, 0) is 11.3 Å². The Morgan fingerprint density at radius 1 is 1.47 bits per heavy atom. The fraction of sp³-hybridized carbons (Fsp3) is 0.538. The van der Waals surface area contributed by atoms with Crippen LogP contribution in [0, 0.1) is 0 Å². The van der Waals surface area contributed by atoms with E-state index in [4.69, 9.17) is 4.74 Å². The second-order valence-electron chi connectivity index (χ2n) is 4.41. The van der Waals surface area contributed by atoms with Crippen LogP contribution in [0.5, 0.6) is 5.75 Å². The lowest BCUT2D eigenvalue weighted by Crippen LogP contribution is -2.45. The van der Waals surface area contributed by atoms with Crippen LogP contribution in [-0.4, -0.2) is 23.9 Å². The Bertz CT molecular complexity index is 378. The third kappa shape index (κ3) is 3.44. The van der Waals surface area contributed by atoms with Crippen molar-refractivity contribution in [2.24, 2.45) is 0 Å². The van der Waals surface area contributed by atoms with Gasteiger partial charge in [0.15, 0.2) is 0 Å². The van der Waals surface area contributed by atoms with Gasteiger partial charge in [0.25, 0.3) is 0 Å². The zero-order valence-corrected chi connectivity index (χ0v) is 11.5. The third-order valence-electron chi connectivity index (χ3n) is 3.10. The molecule has 1 aliphatic carbocycles. The summed E-state index contributed by atoms with van der Waals surface area (Å²) < 4.78 is 6.26. The average molecular weight is 300 g/mol. The summed E-state index contributed by atoms with van der Waals surface area (Å²) in [7, 11) is 0. The summed E-state index contributed by atoms with van der Waals surface area (Å²) in [5.74, 6) is 0.286. The van der Waals surface area contributed by atoms with Gasteiger partial charge in [0.1, 0.15) is 5.75 Å². The van der Waals surface area contributed by atoms with E-state index in [1.165, 1.54) is 5.56 Å². The molecule has 3 nitrogen and oxygen atoms in total. The second-order valence-corrected chi connectivity index (χ2v) is 5.27. The van der Waals surface area contributed by atoms with Gasteiger partial charge in [0.2, 0.25) is 0 Å². The Hall–Kier alpha value is -0.580. The largest absolute Gasteiger partial charge is 0.507 e. The van der Waals surface area contributed by atoms with E-state index in [-0.39, 0.29) is 5.75 Å². The molecule has 0 aliphatic heterocycles. The first kappa shape index (κ1) is 12.9. The van der Waals surface area contributed by atoms with Gasteiger partial charge in [0.05, 0.1) is 10.6 Å². The molecule has 1 saturated carbocycles. The summed E-state index contributed by atoms with van der Waals surface area (Å²) in [6.07, 6.45) is 2.66. The van der Waals surface area contributed by atoms with Crippen LogP contribution in [0.3, 0.4) is 0 Å². The monoisotopic (exact) mass is 299 g/mol. The van der Waals surface area contributed by atoms with Crippen LogP contribution in [0.25, 0.3) is 0 Å². The number of benzene rings is 1. The molecular formula is C13H18BrNO2. The van der Waals surface area contributed by atoms with E-state index in [2.05, 4.69) is 21.2 Å². The summed E-state index contributed by atoms with van der Waals surface area (Å²) in [5, 5.41) is 12.9. The van der Waals surface area contributed by atoms with E-state index >= 15 is 0 Å². The lowest BCUT2D eigenvalue weighted by molar-refractivity contribution is -0.0102. The highest BCUT2D eigenvalue weighted by atomic mass is 79.9. The topological polar surface area (TPSA) is 41.5 Å². The van der Waals surface area contributed by atoms with Crippen molar-refractivity contribution in [2.45, 2.75) is 38.5 Å². The summed E-state index contributed by atoms with van der Waals surface area (Å²) >= 11 is 3.32. The number of hydrogen-bond donors (Lipinski definition) is 2. The molecule has 1 aliphatic rings. The van der Waals surface area contributed by atoms with Crippen LogP contribution in [0.1, 0.15) is 25.3 Å². The number of halogens is 1. The quantitative estimate of drug-likeness (QED) is 0.878. The molecule has 0 heterocycles. The highest BCUT2D eigenvalue weighted by Crippen LogP contribution is 2.26. The SMILES string of the molecule is CCOC1CC(NCc2ccc(O)c(Br)c2)C1. The highest BCUT2D eigenvalue weighted by Gasteiger charge is 2.28. The Labute approximate surface area is 110 Å². The number of hydrogen-bond acceptors (Lipinski definition) is 3. The zero-order valence-electron chi connectivity index (χ0n) is 9.95. The van der Waals surface area contributed by atoms with Crippen LogP contribution < -0.4 is 5.32 Å². The number of ether oxygens (including phenoxy) is 1. The Morgan fingerprint density at radius 2 is 2.24 bits per heavy atom. The lowest BCUT2D eigenvalue weighted by atomic mass is 9.89. The van der Waals surface area contributed by atoms with E-state index in [0.717, 1.165) is 30.5 Å². The Kier molecular flexibility index (Phi) is 4.42. The number of phenols is 1. The fourth-order valence-corrected chi connectivity index (χ4v) is 2.45. The van der Waals surface area contributed by atoms with Crippen molar-refractivity contribution in [3.8, 4) is 5.75 Å². The van der Waals surface area contributed by atoms with E-state index in [9.17, 15) is 5.11 Å².